The first-order valence-corrected chi connectivity index (χ1v) is 13.4. The monoisotopic (exact) mass is 549 g/mol. The molecular formula is C30H42F3N3O3. The third-order valence-electron chi connectivity index (χ3n) is 6.55. The molecule has 9 heteroatoms. The molecule has 0 saturated carbocycles. The van der Waals surface area contributed by atoms with Crippen LogP contribution in [0.25, 0.3) is 0 Å². The average molecular weight is 550 g/mol. The van der Waals surface area contributed by atoms with E-state index in [4.69, 9.17) is 9.90 Å². The van der Waals surface area contributed by atoms with Gasteiger partial charge in [-0.1, -0.05) is 58.9 Å². The van der Waals surface area contributed by atoms with Crippen LogP contribution in [0.4, 0.5) is 18.9 Å². The molecule has 39 heavy (non-hydrogen) atoms. The molecule has 0 unspecified atom stereocenters. The molecule has 6 nitrogen and oxygen atoms in total. The number of benzene rings is 2. The summed E-state index contributed by atoms with van der Waals surface area (Å²) in [7, 11) is 0. The van der Waals surface area contributed by atoms with E-state index in [0.717, 1.165) is 43.3 Å². The van der Waals surface area contributed by atoms with Crippen molar-refractivity contribution < 1.29 is 27.9 Å². The van der Waals surface area contributed by atoms with Crippen molar-refractivity contribution in [3.8, 4) is 0 Å². The van der Waals surface area contributed by atoms with Gasteiger partial charge in [-0.15, -0.1) is 0 Å². The summed E-state index contributed by atoms with van der Waals surface area (Å²) in [5, 5.41) is 10.2. The number of anilines is 1. The van der Waals surface area contributed by atoms with Crippen molar-refractivity contribution in [2.75, 3.05) is 38.0 Å². The maximum atomic E-state index is 12.8. The summed E-state index contributed by atoms with van der Waals surface area (Å²) in [6.07, 6.45) is -2.60. The first-order chi connectivity index (χ1) is 18.1. The Morgan fingerprint density at radius 1 is 0.949 bits per heavy atom. The number of nitrogens with zero attached hydrogens (tertiary/aromatic N) is 2. The topological polar surface area (TPSA) is 72.9 Å². The van der Waals surface area contributed by atoms with Crippen LogP contribution < -0.4 is 5.32 Å². The molecule has 2 N–H and O–H groups in total. The van der Waals surface area contributed by atoms with Crippen LogP contribution in [0.1, 0.15) is 68.9 Å². The fraction of sp³-hybridized carbons (Fsp3) is 0.533. The van der Waals surface area contributed by atoms with Gasteiger partial charge in [-0.05, 0) is 79.2 Å². The lowest BCUT2D eigenvalue weighted by Gasteiger charge is -2.22. The SMILES string of the molecule is CC(C)CCN1CCCN(Cc2cccc(C(=O)Nc3ccc(C(C)(C)C)cc3)c2)CC1.O=C(O)C(F)(F)F. The van der Waals surface area contributed by atoms with Crippen molar-refractivity contribution in [1.82, 2.24) is 9.80 Å². The van der Waals surface area contributed by atoms with Gasteiger partial charge < -0.3 is 15.3 Å². The Hall–Kier alpha value is -2.91. The summed E-state index contributed by atoms with van der Waals surface area (Å²) in [6, 6.07) is 16.2. The normalized spacial score (nSPS) is 15.3. The van der Waals surface area contributed by atoms with Crippen LogP contribution in [0.3, 0.4) is 0 Å². The van der Waals surface area contributed by atoms with Crippen molar-refractivity contribution in [2.24, 2.45) is 5.92 Å². The molecule has 0 aliphatic carbocycles. The van der Waals surface area contributed by atoms with E-state index < -0.39 is 12.1 Å². The average Bonchev–Trinajstić information content (AvgIpc) is 3.07. The number of halogens is 3. The smallest absolute Gasteiger partial charge is 0.475 e. The van der Waals surface area contributed by atoms with Crippen LogP contribution in [0.15, 0.2) is 48.5 Å². The molecule has 0 spiro atoms. The summed E-state index contributed by atoms with van der Waals surface area (Å²) < 4.78 is 31.7. The molecule has 216 valence electrons. The number of hydrogen-bond donors (Lipinski definition) is 2. The van der Waals surface area contributed by atoms with Gasteiger partial charge in [-0.25, -0.2) is 4.79 Å². The molecule has 0 aromatic heterocycles. The maximum Gasteiger partial charge on any atom is 0.490 e. The van der Waals surface area contributed by atoms with Crippen LogP contribution in [0.5, 0.6) is 0 Å². The molecule has 1 aliphatic rings. The van der Waals surface area contributed by atoms with Gasteiger partial charge in [-0.2, -0.15) is 13.2 Å². The fourth-order valence-electron chi connectivity index (χ4n) is 4.17. The van der Waals surface area contributed by atoms with Crippen molar-refractivity contribution in [2.45, 2.75) is 65.6 Å². The predicted molar refractivity (Wildman–Crippen MR) is 149 cm³/mol. The lowest BCUT2D eigenvalue weighted by molar-refractivity contribution is -0.192. The molecule has 1 saturated heterocycles. The number of aliphatic carboxylic acids is 1. The number of alkyl halides is 3. The van der Waals surface area contributed by atoms with Gasteiger partial charge in [0.05, 0.1) is 0 Å². The van der Waals surface area contributed by atoms with E-state index in [1.54, 1.807) is 0 Å². The minimum atomic E-state index is -5.08. The van der Waals surface area contributed by atoms with Gasteiger partial charge in [0.1, 0.15) is 0 Å². The highest BCUT2D eigenvalue weighted by atomic mass is 19.4. The summed E-state index contributed by atoms with van der Waals surface area (Å²) >= 11 is 0. The number of carbonyl (C=O) groups is 2. The van der Waals surface area contributed by atoms with Gasteiger partial charge in [0.15, 0.2) is 0 Å². The molecular weight excluding hydrogens is 507 g/mol. The second-order valence-electron chi connectivity index (χ2n) is 11.4. The minimum Gasteiger partial charge on any atom is -0.475 e. The molecule has 1 heterocycles. The van der Waals surface area contributed by atoms with E-state index in [9.17, 15) is 18.0 Å². The molecule has 0 radical (unpaired) electrons. The molecule has 3 rings (SSSR count). The summed E-state index contributed by atoms with van der Waals surface area (Å²) in [4.78, 5) is 26.9. The molecule has 0 atom stereocenters. The Balaban J connectivity index is 0.000000673. The van der Waals surface area contributed by atoms with Crippen molar-refractivity contribution >= 4 is 17.6 Å². The van der Waals surface area contributed by atoms with Crippen molar-refractivity contribution in [1.29, 1.82) is 0 Å². The Labute approximate surface area is 230 Å². The lowest BCUT2D eigenvalue weighted by Crippen LogP contribution is -2.31. The number of carboxylic acids is 1. The van der Waals surface area contributed by atoms with Crippen LogP contribution >= 0.6 is 0 Å². The molecule has 1 aliphatic heterocycles. The maximum absolute atomic E-state index is 12.8. The zero-order valence-corrected chi connectivity index (χ0v) is 23.6. The first kappa shape index (κ1) is 32.3. The van der Waals surface area contributed by atoms with Crippen molar-refractivity contribution in [3.05, 3.63) is 65.2 Å². The Morgan fingerprint density at radius 3 is 2.10 bits per heavy atom. The summed E-state index contributed by atoms with van der Waals surface area (Å²) in [6.45, 7) is 17.8. The van der Waals surface area contributed by atoms with E-state index in [1.165, 1.54) is 37.1 Å². The minimum absolute atomic E-state index is 0.0499. The van der Waals surface area contributed by atoms with E-state index in [0.29, 0.717) is 0 Å². The highest BCUT2D eigenvalue weighted by Crippen LogP contribution is 2.24. The van der Waals surface area contributed by atoms with Gasteiger partial charge in [0.2, 0.25) is 0 Å². The van der Waals surface area contributed by atoms with Crippen LogP contribution in [0, 0.1) is 5.92 Å². The Kier molecular flexibility index (Phi) is 12.0. The highest BCUT2D eigenvalue weighted by Gasteiger charge is 2.38. The zero-order valence-electron chi connectivity index (χ0n) is 23.6. The summed E-state index contributed by atoms with van der Waals surface area (Å²) in [5.41, 5.74) is 4.13. The number of amides is 1. The second kappa shape index (κ2) is 14.5. The van der Waals surface area contributed by atoms with E-state index >= 15 is 0 Å². The molecule has 2 aromatic rings. The van der Waals surface area contributed by atoms with Gasteiger partial charge in [0, 0.05) is 30.9 Å². The highest BCUT2D eigenvalue weighted by molar-refractivity contribution is 6.04. The van der Waals surface area contributed by atoms with Crippen LogP contribution in [-0.2, 0) is 16.8 Å². The lowest BCUT2D eigenvalue weighted by atomic mass is 9.87. The number of carbonyl (C=O) groups excluding carboxylic acids is 1. The molecule has 0 bridgehead atoms. The van der Waals surface area contributed by atoms with Crippen molar-refractivity contribution in [3.63, 3.8) is 0 Å². The number of hydrogen-bond acceptors (Lipinski definition) is 4. The van der Waals surface area contributed by atoms with E-state index in [1.807, 2.05) is 30.3 Å². The largest absolute Gasteiger partial charge is 0.490 e. The molecule has 1 fully saturated rings. The quantitative estimate of drug-likeness (QED) is 0.417. The van der Waals surface area contributed by atoms with Gasteiger partial charge >= 0.3 is 12.1 Å². The van der Waals surface area contributed by atoms with Gasteiger partial charge in [-0.3, -0.25) is 9.69 Å². The Bertz CT molecular complexity index is 1060. The number of rotatable bonds is 7. The summed E-state index contributed by atoms with van der Waals surface area (Å²) in [5.74, 6) is -2.04. The van der Waals surface area contributed by atoms with E-state index in [2.05, 4.69) is 67.9 Å². The zero-order chi connectivity index (χ0) is 29.2. The second-order valence-corrected chi connectivity index (χ2v) is 11.4. The standard InChI is InChI=1S/C28H41N3O.C2HF3O2/c1-22(2)14-17-30-15-7-16-31(19-18-30)21-23-8-6-9-24(20-23)27(32)29-26-12-10-25(11-13-26)28(3,4)5;3-2(4,5)1(6)7/h6,8-13,20,22H,7,14-19,21H2,1-5H3,(H,29,32);(H,6,7). The van der Waals surface area contributed by atoms with Crippen LogP contribution in [-0.4, -0.2) is 65.7 Å². The molecule has 1 amide bonds. The third kappa shape index (κ3) is 11.8. The predicted octanol–water partition coefficient (Wildman–Crippen LogP) is 6.42. The third-order valence-corrected chi connectivity index (χ3v) is 6.55. The number of carboxylic acid groups (broad SMARTS) is 1. The fourth-order valence-corrected chi connectivity index (χ4v) is 4.17. The van der Waals surface area contributed by atoms with Crippen LogP contribution in [0.2, 0.25) is 0 Å². The number of nitrogens with one attached hydrogen (secondary N) is 1. The Morgan fingerprint density at radius 2 is 1.54 bits per heavy atom. The first-order valence-electron chi connectivity index (χ1n) is 13.4. The van der Waals surface area contributed by atoms with Gasteiger partial charge in [0.25, 0.3) is 5.91 Å². The molecule has 2 aromatic carbocycles. The van der Waals surface area contributed by atoms with E-state index in [-0.39, 0.29) is 11.3 Å².